The van der Waals surface area contributed by atoms with Crippen LogP contribution in [0.3, 0.4) is 0 Å². The van der Waals surface area contributed by atoms with Gasteiger partial charge >= 0.3 is 5.97 Å². The SMILES string of the molecule is COc1cccc2sc(N3CC(OC(=O)c4ccc(Cl)cc4)C3)nc12. The maximum atomic E-state index is 12.1. The summed E-state index contributed by atoms with van der Waals surface area (Å²) >= 11 is 7.44. The van der Waals surface area contributed by atoms with E-state index in [0.29, 0.717) is 23.7 Å². The molecule has 1 fully saturated rings. The Balaban J connectivity index is 1.40. The molecule has 0 radical (unpaired) electrons. The lowest BCUT2D eigenvalue weighted by Gasteiger charge is -2.38. The molecule has 0 spiro atoms. The highest BCUT2D eigenvalue weighted by molar-refractivity contribution is 7.22. The van der Waals surface area contributed by atoms with Crippen LogP contribution in [0.4, 0.5) is 5.13 Å². The zero-order chi connectivity index (χ0) is 17.4. The summed E-state index contributed by atoms with van der Waals surface area (Å²) in [6, 6.07) is 12.6. The zero-order valence-corrected chi connectivity index (χ0v) is 15.0. The number of hydrogen-bond donors (Lipinski definition) is 0. The van der Waals surface area contributed by atoms with Crippen molar-refractivity contribution in [1.82, 2.24) is 4.98 Å². The van der Waals surface area contributed by atoms with E-state index in [4.69, 9.17) is 21.1 Å². The molecule has 0 aliphatic carbocycles. The van der Waals surface area contributed by atoms with Crippen molar-refractivity contribution in [1.29, 1.82) is 0 Å². The van der Waals surface area contributed by atoms with Gasteiger partial charge < -0.3 is 14.4 Å². The van der Waals surface area contributed by atoms with Gasteiger partial charge in [0.15, 0.2) is 5.13 Å². The fourth-order valence-electron chi connectivity index (χ4n) is 2.69. The maximum Gasteiger partial charge on any atom is 0.338 e. The molecule has 2 heterocycles. The molecule has 0 N–H and O–H groups in total. The standard InChI is InChI=1S/C18H15ClN2O3S/c1-23-14-3-2-4-15-16(14)20-18(25-15)21-9-13(10-21)24-17(22)11-5-7-12(19)8-6-11/h2-8,13H,9-10H2,1H3. The van der Waals surface area contributed by atoms with Crippen LogP contribution >= 0.6 is 22.9 Å². The minimum atomic E-state index is -0.327. The molecule has 0 bridgehead atoms. The third-order valence-corrected chi connectivity index (χ3v) is 5.40. The molecule has 1 saturated heterocycles. The molecular weight excluding hydrogens is 360 g/mol. The highest BCUT2D eigenvalue weighted by Crippen LogP contribution is 2.36. The molecule has 1 aliphatic rings. The van der Waals surface area contributed by atoms with Gasteiger partial charge in [-0.05, 0) is 36.4 Å². The summed E-state index contributed by atoms with van der Waals surface area (Å²) in [5, 5.41) is 1.51. The van der Waals surface area contributed by atoms with Crippen molar-refractivity contribution < 1.29 is 14.3 Å². The number of methoxy groups -OCH3 is 1. The number of para-hydroxylation sites is 1. The molecule has 128 valence electrons. The molecule has 25 heavy (non-hydrogen) atoms. The van der Waals surface area contributed by atoms with Crippen molar-refractivity contribution >= 4 is 44.3 Å². The Kier molecular flexibility index (Phi) is 4.23. The Hall–Kier alpha value is -2.31. The van der Waals surface area contributed by atoms with Crippen LogP contribution in [0.1, 0.15) is 10.4 Å². The third-order valence-electron chi connectivity index (χ3n) is 4.06. The van der Waals surface area contributed by atoms with E-state index in [2.05, 4.69) is 9.88 Å². The number of aromatic nitrogens is 1. The summed E-state index contributed by atoms with van der Waals surface area (Å²) in [7, 11) is 1.64. The van der Waals surface area contributed by atoms with Crippen molar-refractivity contribution in [3.05, 3.63) is 53.1 Å². The van der Waals surface area contributed by atoms with Gasteiger partial charge in [0.2, 0.25) is 0 Å². The molecule has 4 rings (SSSR count). The van der Waals surface area contributed by atoms with Gasteiger partial charge in [-0.1, -0.05) is 29.0 Å². The van der Waals surface area contributed by atoms with Gasteiger partial charge in [0, 0.05) is 5.02 Å². The number of esters is 1. The van der Waals surface area contributed by atoms with Gasteiger partial charge in [0.25, 0.3) is 0 Å². The number of hydrogen-bond acceptors (Lipinski definition) is 6. The smallest absolute Gasteiger partial charge is 0.338 e. The third kappa shape index (κ3) is 3.15. The first kappa shape index (κ1) is 16.2. The van der Waals surface area contributed by atoms with Crippen LogP contribution in [0.2, 0.25) is 5.02 Å². The van der Waals surface area contributed by atoms with E-state index < -0.39 is 0 Å². The molecule has 1 aliphatic heterocycles. The fourth-order valence-corrected chi connectivity index (χ4v) is 3.81. The summed E-state index contributed by atoms with van der Waals surface area (Å²) in [4.78, 5) is 18.9. The number of nitrogens with zero attached hydrogens (tertiary/aromatic N) is 2. The van der Waals surface area contributed by atoms with Crippen LogP contribution in [0.5, 0.6) is 5.75 Å². The average Bonchev–Trinajstić information content (AvgIpc) is 3.01. The lowest BCUT2D eigenvalue weighted by molar-refractivity contribution is 0.0234. The van der Waals surface area contributed by atoms with E-state index in [1.54, 1.807) is 42.7 Å². The second-order valence-electron chi connectivity index (χ2n) is 5.74. The number of benzene rings is 2. The Bertz CT molecular complexity index is 920. The second-order valence-corrected chi connectivity index (χ2v) is 7.19. The number of halogens is 1. The molecule has 0 unspecified atom stereocenters. The van der Waals surface area contributed by atoms with E-state index in [9.17, 15) is 4.79 Å². The van der Waals surface area contributed by atoms with Crippen molar-refractivity contribution in [2.45, 2.75) is 6.10 Å². The molecule has 7 heteroatoms. The van der Waals surface area contributed by atoms with Crippen molar-refractivity contribution in [3.63, 3.8) is 0 Å². The summed E-state index contributed by atoms with van der Waals surface area (Å²) in [6.45, 7) is 1.28. The monoisotopic (exact) mass is 374 g/mol. The number of ether oxygens (including phenoxy) is 2. The van der Waals surface area contributed by atoms with E-state index in [1.807, 2.05) is 18.2 Å². The second kappa shape index (κ2) is 6.54. The van der Waals surface area contributed by atoms with E-state index in [0.717, 1.165) is 21.1 Å². The number of fused-ring (bicyclic) bond motifs is 1. The van der Waals surface area contributed by atoms with E-state index >= 15 is 0 Å². The predicted molar refractivity (Wildman–Crippen MR) is 99.0 cm³/mol. The predicted octanol–water partition coefficient (Wildman–Crippen LogP) is 4.00. The molecule has 3 aromatic rings. The Labute approximate surface area is 153 Å². The lowest BCUT2D eigenvalue weighted by Crippen LogP contribution is -2.53. The Morgan fingerprint density at radius 3 is 2.72 bits per heavy atom. The zero-order valence-electron chi connectivity index (χ0n) is 13.4. The van der Waals surface area contributed by atoms with Crippen LogP contribution in [-0.2, 0) is 4.74 Å². The summed E-state index contributed by atoms with van der Waals surface area (Å²) < 4.78 is 11.9. The highest BCUT2D eigenvalue weighted by Gasteiger charge is 2.32. The summed E-state index contributed by atoms with van der Waals surface area (Å²) in [6.07, 6.45) is -0.128. The van der Waals surface area contributed by atoms with E-state index in [-0.39, 0.29) is 12.1 Å². The molecule has 0 atom stereocenters. The maximum absolute atomic E-state index is 12.1. The highest BCUT2D eigenvalue weighted by atomic mass is 35.5. The number of thiazole rings is 1. The van der Waals surface area contributed by atoms with Crippen molar-refractivity contribution in [2.24, 2.45) is 0 Å². The minimum absolute atomic E-state index is 0.128. The molecular formula is C18H15ClN2O3S. The number of anilines is 1. The quantitative estimate of drug-likeness (QED) is 0.646. The summed E-state index contributed by atoms with van der Waals surface area (Å²) in [5.74, 6) is 0.443. The number of carbonyl (C=O) groups is 1. The van der Waals surface area contributed by atoms with Crippen molar-refractivity contribution in [2.75, 3.05) is 25.1 Å². The first-order chi connectivity index (χ1) is 12.1. The molecule has 0 amide bonds. The van der Waals surface area contributed by atoms with Gasteiger partial charge in [0.05, 0.1) is 30.5 Å². The fraction of sp³-hybridized carbons (Fsp3) is 0.222. The van der Waals surface area contributed by atoms with Gasteiger partial charge in [-0.3, -0.25) is 0 Å². The van der Waals surface area contributed by atoms with Crippen molar-refractivity contribution in [3.8, 4) is 5.75 Å². The molecule has 2 aromatic carbocycles. The Morgan fingerprint density at radius 1 is 1.24 bits per heavy atom. The number of carbonyl (C=O) groups excluding carboxylic acids is 1. The number of rotatable bonds is 4. The van der Waals surface area contributed by atoms with Crippen LogP contribution < -0.4 is 9.64 Å². The lowest BCUT2D eigenvalue weighted by atomic mass is 10.2. The van der Waals surface area contributed by atoms with Crippen LogP contribution in [0.15, 0.2) is 42.5 Å². The topological polar surface area (TPSA) is 51.7 Å². The van der Waals surface area contributed by atoms with Crippen LogP contribution in [-0.4, -0.2) is 37.3 Å². The van der Waals surface area contributed by atoms with Gasteiger partial charge in [0.1, 0.15) is 17.4 Å². The Morgan fingerprint density at radius 2 is 2.00 bits per heavy atom. The average molecular weight is 375 g/mol. The summed E-state index contributed by atoms with van der Waals surface area (Å²) in [5.41, 5.74) is 1.37. The molecule has 1 aromatic heterocycles. The molecule has 5 nitrogen and oxygen atoms in total. The first-order valence-corrected chi connectivity index (χ1v) is 8.98. The van der Waals surface area contributed by atoms with Crippen LogP contribution in [0, 0.1) is 0 Å². The normalized spacial score (nSPS) is 14.4. The minimum Gasteiger partial charge on any atom is -0.494 e. The van der Waals surface area contributed by atoms with Gasteiger partial charge in [-0.25, -0.2) is 9.78 Å². The van der Waals surface area contributed by atoms with Gasteiger partial charge in [-0.2, -0.15) is 0 Å². The van der Waals surface area contributed by atoms with E-state index in [1.165, 1.54) is 0 Å². The van der Waals surface area contributed by atoms with Crippen LogP contribution in [0.25, 0.3) is 10.2 Å². The van der Waals surface area contributed by atoms with Gasteiger partial charge in [-0.15, -0.1) is 0 Å². The first-order valence-electron chi connectivity index (χ1n) is 7.79. The largest absolute Gasteiger partial charge is 0.494 e. The molecule has 0 saturated carbocycles.